The predicted molar refractivity (Wildman–Crippen MR) is 40.2 cm³/mol. The van der Waals surface area contributed by atoms with E-state index in [9.17, 15) is 0 Å². The van der Waals surface area contributed by atoms with Crippen LogP contribution in [0.4, 0.5) is 0 Å². The summed E-state index contributed by atoms with van der Waals surface area (Å²) in [7, 11) is 0. The molecule has 6 heteroatoms. The molecule has 0 unspecified atom stereocenters. The molecule has 0 aliphatic heterocycles. The molecule has 0 aliphatic rings. The maximum Gasteiger partial charge on any atom is 0.142 e. The van der Waals surface area contributed by atoms with Gasteiger partial charge in [0, 0.05) is 29.6 Å². The molecule has 0 amide bonds. The molecule has 2 nitrogen and oxygen atoms in total. The van der Waals surface area contributed by atoms with Gasteiger partial charge in [-0.2, -0.15) is 0 Å². The zero-order valence-corrected chi connectivity index (χ0v) is 8.80. The number of hydrogen-bond acceptors (Lipinski definition) is 5. The molecule has 0 bridgehead atoms. The summed E-state index contributed by atoms with van der Waals surface area (Å²) in [6.45, 7) is 0. The van der Waals surface area contributed by atoms with Gasteiger partial charge in [-0.15, -0.1) is 30.4 Å². The Morgan fingerprint density at radius 2 is 2.00 bits per heavy atom. The first kappa shape index (κ1) is 9.26. The fourth-order valence-electron chi connectivity index (χ4n) is 0.181. The minimum absolute atomic E-state index is 0. The monoisotopic (exact) mass is 173 g/mol. The van der Waals surface area contributed by atoms with Crippen LogP contribution in [-0.2, 0) is 0 Å². The quantitative estimate of drug-likeness (QED) is 0.447. The first-order chi connectivity index (χ1) is 3.30. The third-order valence-corrected chi connectivity index (χ3v) is 2.08. The molecule has 0 aliphatic carbocycles. The van der Waals surface area contributed by atoms with E-state index in [4.69, 9.17) is 0 Å². The number of rotatable bonds is 0. The number of hydrogen-bond donors (Lipinski definition) is 2. The van der Waals surface area contributed by atoms with Crippen LogP contribution in [0.3, 0.4) is 0 Å². The Kier molecular flexibility index (Phi) is 4.79. The molecule has 1 radical (unpaired) electrons. The predicted octanol–water partition coefficient (Wildman–Crippen LogP) is 0.735. The molecule has 0 saturated carbocycles. The smallest absolute Gasteiger partial charge is 0.131 e. The van der Waals surface area contributed by atoms with E-state index in [2.05, 4.69) is 34.8 Å². The van der Waals surface area contributed by atoms with Crippen molar-refractivity contribution in [1.29, 1.82) is 0 Å². The van der Waals surface area contributed by atoms with Crippen LogP contribution in [0, 0.1) is 0 Å². The van der Waals surface area contributed by atoms with Crippen molar-refractivity contribution in [3.63, 3.8) is 0 Å². The van der Waals surface area contributed by atoms with Crippen molar-refractivity contribution in [1.82, 2.24) is 9.59 Å². The van der Waals surface area contributed by atoms with Gasteiger partial charge in [-0.05, 0) is 11.5 Å². The maximum absolute atomic E-state index is 3.97. The molecule has 8 heavy (non-hydrogen) atoms. The summed E-state index contributed by atoms with van der Waals surface area (Å²) in [5.41, 5.74) is 0. The van der Waals surface area contributed by atoms with Crippen molar-refractivity contribution < 1.29 is 0 Å². The molecule has 39 valence electrons. The molecular formula is C2H2N2NaS3. The van der Waals surface area contributed by atoms with Crippen molar-refractivity contribution in [2.45, 2.75) is 9.24 Å². The molecule has 0 spiro atoms. The second-order valence-electron chi connectivity index (χ2n) is 0.902. The molecule has 0 N–H and O–H groups in total. The summed E-state index contributed by atoms with van der Waals surface area (Å²) >= 11 is 9.11. The maximum atomic E-state index is 3.97. The molecular weight excluding hydrogens is 171 g/mol. The van der Waals surface area contributed by atoms with Crippen LogP contribution >= 0.6 is 36.8 Å². The van der Waals surface area contributed by atoms with Gasteiger partial charge < -0.3 is 0 Å². The van der Waals surface area contributed by atoms with Crippen molar-refractivity contribution in [2.75, 3.05) is 0 Å². The van der Waals surface area contributed by atoms with E-state index in [0.29, 0.717) is 5.03 Å². The second-order valence-corrected chi connectivity index (χ2v) is 2.83. The van der Waals surface area contributed by atoms with Crippen molar-refractivity contribution in [3.8, 4) is 0 Å². The van der Waals surface area contributed by atoms with Crippen LogP contribution in [0.1, 0.15) is 0 Å². The Bertz CT molecular complexity index is 148. The Hall–Kier alpha value is 1.26. The fraction of sp³-hybridized carbons (Fsp3) is 0. The third-order valence-electron chi connectivity index (χ3n) is 0.454. The van der Waals surface area contributed by atoms with Crippen LogP contribution in [0.2, 0.25) is 0 Å². The molecule has 0 saturated heterocycles. The third kappa shape index (κ3) is 2.24. The van der Waals surface area contributed by atoms with Gasteiger partial charge in [-0.25, -0.2) is 0 Å². The number of aromatic nitrogens is 2. The molecule has 0 fully saturated rings. The Morgan fingerprint density at radius 1 is 1.38 bits per heavy atom. The van der Waals surface area contributed by atoms with E-state index < -0.39 is 0 Å². The van der Waals surface area contributed by atoms with Gasteiger partial charge in [0.05, 0.1) is 0 Å². The van der Waals surface area contributed by atoms with Gasteiger partial charge in [-0.3, -0.25) is 0 Å². The molecule has 1 rings (SSSR count). The van der Waals surface area contributed by atoms with Crippen LogP contribution in [0.25, 0.3) is 0 Å². The van der Waals surface area contributed by atoms with Gasteiger partial charge in [0.1, 0.15) is 9.24 Å². The Morgan fingerprint density at radius 3 is 2.12 bits per heavy atom. The number of thiol groups is 2. The molecule has 0 aromatic carbocycles. The largest absolute Gasteiger partial charge is 0.142 e. The summed E-state index contributed by atoms with van der Waals surface area (Å²) in [4.78, 5) is 0. The first-order valence-corrected chi connectivity index (χ1v) is 3.18. The first-order valence-electron chi connectivity index (χ1n) is 1.51. The standard InChI is InChI=1S/C2H2N2S3.Na/c5-1-2(6)7-4-3-1;/h5-6H;. The van der Waals surface area contributed by atoms with Crippen LogP contribution in [0.5, 0.6) is 0 Å². The van der Waals surface area contributed by atoms with E-state index in [1.165, 1.54) is 11.5 Å². The van der Waals surface area contributed by atoms with E-state index in [-0.39, 0.29) is 29.6 Å². The van der Waals surface area contributed by atoms with Crippen LogP contribution in [0.15, 0.2) is 9.24 Å². The summed E-state index contributed by atoms with van der Waals surface area (Å²) in [5.74, 6) is 0. The molecule has 1 aromatic rings. The topological polar surface area (TPSA) is 25.8 Å². The van der Waals surface area contributed by atoms with E-state index >= 15 is 0 Å². The second kappa shape index (κ2) is 4.14. The van der Waals surface area contributed by atoms with Crippen molar-refractivity contribution in [3.05, 3.63) is 0 Å². The molecule has 1 aromatic heterocycles. The van der Waals surface area contributed by atoms with Gasteiger partial charge in [0.25, 0.3) is 0 Å². The zero-order chi connectivity index (χ0) is 5.28. The van der Waals surface area contributed by atoms with Gasteiger partial charge in [-0.1, -0.05) is 4.49 Å². The van der Waals surface area contributed by atoms with Crippen LogP contribution in [-0.4, -0.2) is 39.1 Å². The van der Waals surface area contributed by atoms with E-state index in [1.54, 1.807) is 0 Å². The SMILES string of the molecule is Sc1nnsc1S.[Na]. The fourth-order valence-corrected chi connectivity index (χ4v) is 0.886. The van der Waals surface area contributed by atoms with Gasteiger partial charge in [0.2, 0.25) is 0 Å². The summed E-state index contributed by atoms with van der Waals surface area (Å²) < 4.78 is 4.33. The zero-order valence-electron chi connectivity index (χ0n) is 4.20. The number of nitrogens with zero attached hydrogens (tertiary/aromatic N) is 2. The van der Waals surface area contributed by atoms with E-state index in [0.717, 1.165) is 4.21 Å². The summed E-state index contributed by atoms with van der Waals surface area (Å²) in [6, 6.07) is 0. The average Bonchev–Trinajstić information content (AvgIpc) is 1.91. The van der Waals surface area contributed by atoms with E-state index in [1.807, 2.05) is 0 Å². The van der Waals surface area contributed by atoms with Gasteiger partial charge >= 0.3 is 0 Å². The van der Waals surface area contributed by atoms with Crippen LogP contribution < -0.4 is 0 Å². The Labute approximate surface area is 84.3 Å². The van der Waals surface area contributed by atoms with Crippen molar-refractivity contribution >= 4 is 66.3 Å². The Balaban J connectivity index is 0.000000490. The van der Waals surface area contributed by atoms with Crippen molar-refractivity contribution in [2.24, 2.45) is 0 Å². The summed E-state index contributed by atoms with van der Waals surface area (Å²) in [6.07, 6.45) is 0. The minimum Gasteiger partial charge on any atom is -0.131 e. The summed E-state index contributed by atoms with van der Waals surface area (Å²) in [5, 5.41) is 4.18. The molecule has 0 atom stereocenters. The normalized spacial score (nSPS) is 8.25. The average molecular weight is 173 g/mol. The minimum atomic E-state index is 0. The molecule has 1 heterocycles. The van der Waals surface area contributed by atoms with Gasteiger partial charge in [0.15, 0.2) is 0 Å².